The van der Waals surface area contributed by atoms with E-state index in [-0.39, 0.29) is 17.8 Å². The summed E-state index contributed by atoms with van der Waals surface area (Å²) in [5.41, 5.74) is 5.00. The minimum absolute atomic E-state index is 0.0567. The summed E-state index contributed by atoms with van der Waals surface area (Å²) in [7, 11) is 1.57. The quantitative estimate of drug-likeness (QED) is 0.464. The molecule has 0 aliphatic carbocycles. The van der Waals surface area contributed by atoms with Gasteiger partial charge in [0.15, 0.2) is 11.6 Å². The number of benzene rings is 2. The van der Waals surface area contributed by atoms with Crippen LogP contribution in [0.4, 0.5) is 4.39 Å². The molecule has 1 aliphatic heterocycles. The Bertz CT molecular complexity index is 1250. The van der Waals surface area contributed by atoms with Gasteiger partial charge in [-0.1, -0.05) is 6.92 Å². The summed E-state index contributed by atoms with van der Waals surface area (Å²) < 4.78 is 26.5. The molecule has 0 saturated heterocycles. The lowest BCUT2D eigenvalue weighted by molar-refractivity contribution is 0.224. The minimum atomic E-state index is -0.353. The lowest BCUT2D eigenvalue weighted by Gasteiger charge is -2.07. The van der Waals surface area contributed by atoms with Gasteiger partial charge in [-0.05, 0) is 31.5 Å². The van der Waals surface area contributed by atoms with Gasteiger partial charge in [-0.25, -0.2) is 19.3 Å². The Labute approximate surface area is 165 Å². The molecule has 28 heavy (non-hydrogen) atoms. The summed E-state index contributed by atoms with van der Waals surface area (Å²) in [4.78, 5) is 13.8. The molecule has 3 heterocycles. The monoisotopic (exact) mass is 395 g/mol. The fourth-order valence-electron chi connectivity index (χ4n) is 3.72. The molecule has 2 atom stereocenters. The second-order valence-corrected chi connectivity index (χ2v) is 8.17. The molecule has 2 aromatic carbocycles. The van der Waals surface area contributed by atoms with Gasteiger partial charge in [0.25, 0.3) is 0 Å². The van der Waals surface area contributed by atoms with Crippen LogP contribution in [0, 0.1) is 12.7 Å². The summed E-state index contributed by atoms with van der Waals surface area (Å²) in [6.45, 7) is 6.04. The van der Waals surface area contributed by atoms with Crippen LogP contribution in [0.25, 0.3) is 31.8 Å². The average Bonchev–Trinajstić information content (AvgIpc) is 3.22. The van der Waals surface area contributed by atoms with Crippen LogP contribution in [0.15, 0.2) is 24.4 Å². The highest BCUT2D eigenvalue weighted by Crippen LogP contribution is 2.47. The molecular weight excluding hydrogens is 377 g/mol. The van der Waals surface area contributed by atoms with E-state index >= 15 is 0 Å². The van der Waals surface area contributed by atoms with Crippen molar-refractivity contribution >= 4 is 32.6 Å². The van der Waals surface area contributed by atoms with E-state index in [1.165, 1.54) is 6.07 Å². The molecule has 142 valence electrons. The largest absolute Gasteiger partial charge is 0.487 e. The normalized spacial score (nSPS) is 18.5. The lowest BCUT2D eigenvalue weighted by Crippen LogP contribution is -2.10. The number of rotatable bonds is 2. The molecule has 0 amide bonds. The summed E-state index contributed by atoms with van der Waals surface area (Å²) in [6.07, 6.45) is 1.54. The molecule has 2 aromatic heterocycles. The standard InChI is InChI=1S/C21H18FN3O2S/c1-9-5-12(18-14(6-9)24-16(26-4)8-23-18)21-25-15-7-13(22)19-17(20(15)28-21)10(2)11(3)27-19/h5-8,10-11H,1-4H3/t10-,11-/m0/s1. The predicted octanol–water partition coefficient (Wildman–Crippen LogP) is 5.25. The molecule has 5 rings (SSSR count). The maximum Gasteiger partial charge on any atom is 0.232 e. The molecule has 1 aliphatic rings. The number of fused-ring (bicyclic) bond motifs is 4. The van der Waals surface area contributed by atoms with Crippen molar-refractivity contribution in [3.05, 3.63) is 41.3 Å². The van der Waals surface area contributed by atoms with Crippen LogP contribution >= 0.6 is 11.3 Å². The van der Waals surface area contributed by atoms with E-state index in [9.17, 15) is 4.39 Å². The van der Waals surface area contributed by atoms with Crippen molar-refractivity contribution in [1.82, 2.24) is 15.0 Å². The maximum absolute atomic E-state index is 14.6. The first-order valence-corrected chi connectivity index (χ1v) is 9.89. The zero-order valence-electron chi connectivity index (χ0n) is 15.9. The van der Waals surface area contributed by atoms with Crippen LogP contribution in [0.2, 0.25) is 0 Å². The van der Waals surface area contributed by atoms with E-state index < -0.39 is 0 Å². The van der Waals surface area contributed by atoms with Crippen molar-refractivity contribution in [2.45, 2.75) is 32.8 Å². The number of nitrogens with zero attached hydrogens (tertiary/aromatic N) is 3. The van der Waals surface area contributed by atoms with Gasteiger partial charge in [-0.2, -0.15) is 0 Å². The summed E-state index contributed by atoms with van der Waals surface area (Å²) in [5.74, 6) is 0.587. The third kappa shape index (κ3) is 2.46. The molecule has 0 unspecified atom stereocenters. The molecule has 0 saturated carbocycles. The summed E-state index contributed by atoms with van der Waals surface area (Å²) in [6, 6.07) is 5.47. The third-order valence-electron chi connectivity index (χ3n) is 5.29. The summed E-state index contributed by atoms with van der Waals surface area (Å²) >= 11 is 1.55. The van der Waals surface area contributed by atoms with Gasteiger partial charge in [0, 0.05) is 23.1 Å². The van der Waals surface area contributed by atoms with Gasteiger partial charge < -0.3 is 9.47 Å². The van der Waals surface area contributed by atoms with Crippen molar-refractivity contribution in [3.63, 3.8) is 0 Å². The first kappa shape index (κ1) is 17.3. The third-order valence-corrected chi connectivity index (χ3v) is 6.43. The molecule has 0 radical (unpaired) electrons. The van der Waals surface area contributed by atoms with Gasteiger partial charge in [-0.15, -0.1) is 11.3 Å². The maximum atomic E-state index is 14.6. The molecule has 0 fully saturated rings. The Kier molecular flexibility index (Phi) is 3.77. The average molecular weight is 395 g/mol. The van der Waals surface area contributed by atoms with Gasteiger partial charge in [0.05, 0.1) is 34.6 Å². The molecule has 7 heteroatoms. The van der Waals surface area contributed by atoms with E-state index in [0.29, 0.717) is 17.1 Å². The predicted molar refractivity (Wildman–Crippen MR) is 108 cm³/mol. The van der Waals surface area contributed by atoms with Crippen molar-refractivity contribution in [2.24, 2.45) is 0 Å². The number of halogens is 1. The second kappa shape index (κ2) is 6.10. The Morgan fingerprint density at radius 3 is 2.75 bits per heavy atom. The van der Waals surface area contributed by atoms with Crippen LogP contribution in [-0.2, 0) is 0 Å². The van der Waals surface area contributed by atoms with Gasteiger partial charge in [0.2, 0.25) is 5.88 Å². The molecule has 0 spiro atoms. The smallest absolute Gasteiger partial charge is 0.232 e. The second-order valence-electron chi connectivity index (χ2n) is 7.17. The van der Waals surface area contributed by atoms with E-state index in [1.54, 1.807) is 24.6 Å². The van der Waals surface area contributed by atoms with Crippen LogP contribution in [-0.4, -0.2) is 28.2 Å². The Hall–Kier alpha value is -2.80. The molecule has 4 aromatic rings. The van der Waals surface area contributed by atoms with Crippen LogP contribution in [0.3, 0.4) is 0 Å². The number of aryl methyl sites for hydroxylation is 1. The lowest BCUT2D eigenvalue weighted by atomic mass is 9.98. The molecule has 0 bridgehead atoms. The minimum Gasteiger partial charge on any atom is -0.487 e. The highest BCUT2D eigenvalue weighted by Gasteiger charge is 2.33. The first-order chi connectivity index (χ1) is 13.5. The number of hydrogen-bond donors (Lipinski definition) is 0. The van der Waals surface area contributed by atoms with Crippen LogP contribution in [0.1, 0.15) is 30.9 Å². The topological polar surface area (TPSA) is 57.1 Å². The van der Waals surface area contributed by atoms with Gasteiger partial charge >= 0.3 is 0 Å². The van der Waals surface area contributed by atoms with E-state index in [0.717, 1.165) is 37.4 Å². The van der Waals surface area contributed by atoms with Crippen molar-refractivity contribution < 1.29 is 13.9 Å². The number of thiazole rings is 1. The fraction of sp³-hybridized carbons (Fsp3) is 0.286. The fourth-order valence-corrected chi connectivity index (χ4v) is 4.92. The number of aromatic nitrogens is 3. The van der Waals surface area contributed by atoms with E-state index in [4.69, 9.17) is 14.5 Å². The Morgan fingerprint density at radius 2 is 1.96 bits per heavy atom. The van der Waals surface area contributed by atoms with Gasteiger partial charge in [0.1, 0.15) is 11.1 Å². The van der Waals surface area contributed by atoms with E-state index in [2.05, 4.69) is 16.9 Å². The Balaban J connectivity index is 1.77. The van der Waals surface area contributed by atoms with Crippen molar-refractivity contribution in [3.8, 4) is 22.2 Å². The molecule has 5 nitrogen and oxygen atoms in total. The summed E-state index contributed by atoms with van der Waals surface area (Å²) in [5, 5.41) is 0.794. The SMILES string of the molecule is COc1cnc2c(-c3nc4cc(F)c5c(c4s3)[C@@H](C)[C@H](C)O5)cc(C)cc2n1. The van der Waals surface area contributed by atoms with Crippen LogP contribution in [0.5, 0.6) is 11.6 Å². The highest BCUT2D eigenvalue weighted by molar-refractivity contribution is 7.22. The van der Waals surface area contributed by atoms with Crippen molar-refractivity contribution in [2.75, 3.05) is 7.11 Å². The highest BCUT2D eigenvalue weighted by atomic mass is 32.1. The number of hydrogen-bond acceptors (Lipinski definition) is 6. The van der Waals surface area contributed by atoms with E-state index in [1.807, 2.05) is 26.0 Å². The molecule has 0 N–H and O–H groups in total. The van der Waals surface area contributed by atoms with Crippen molar-refractivity contribution in [1.29, 1.82) is 0 Å². The molecular formula is C21H18FN3O2S. The Morgan fingerprint density at radius 1 is 1.14 bits per heavy atom. The van der Waals surface area contributed by atoms with Gasteiger partial charge in [-0.3, -0.25) is 0 Å². The first-order valence-electron chi connectivity index (χ1n) is 9.07. The number of ether oxygens (including phenoxy) is 2. The van der Waals surface area contributed by atoms with Crippen LogP contribution < -0.4 is 9.47 Å². The number of methoxy groups -OCH3 is 1. The zero-order valence-corrected chi connectivity index (χ0v) is 16.7. The zero-order chi connectivity index (χ0) is 19.6.